The van der Waals surface area contributed by atoms with Gasteiger partial charge in [-0.2, -0.15) is 0 Å². The van der Waals surface area contributed by atoms with Crippen LogP contribution < -0.4 is 11.0 Å². The molecule has 0 atom stereocenters. The van der Waals surface area contributed by atoms with E-state index in [1.807, 2.05) is 27.7 Å². The van der Waals surface area contributed by atoms with Gasteiger partial charge in [-0.15, -0.1) is 0 Å². The minimum Gasteiger partial charge on any atom is -0.398 e. The van der Waals surface area contributed by atoms with Gasteiger partial charge in [0.25, 0.3) is 0 Å². The van der Waals surface area contributed by atoms with Crippen LogP contribution in [0.3, 0.4) is 0 Å². The summed E-state index contributed by atoms with van der Waals surface area (Å²) in [6.45, 7) is 7.90. The van der Waals surface area contributed by atoms with Crippen LogP contribution in [-0.4, -0.2) is 23.3 Å². The predicted octanol–water partition coefficient (Wildman–Crippen LogP) is 1.44. The molecular formula is C11H15BBrNO3. The second-order valence-electron chi connectivity index (χ2n) is 5.21. The lowest BCUT2D eigenvalue weighted by atomic mass is 9.84. The van der Waals surface area contributed by atoms with E-state index in [0.29, 0.717) is 10.2 Å². The molecule has 1 aromatic heterocycles. The van der Waals surface area contributed by atoms with Crippen molar-refractivity contribution in [3.8, 4) is 0 Å². The fourth-order valence-corrected chi connectivity index (χ4v) is 2.08. The molecule has 17 heavy (non-hydrogen) atoms. The second-order valence-corrected chi connectivity index (χ2v) is 6.06. The van der Waals surface area contributed by atoms with Gasteiger partial charge in [-0.1, -0.05) is 0 Å². The topological polar surface area (TPSA) is 51.3 Å². The molecule has 0 unspecified atom stereocenters. The van der Waals surface area contributed by atoms with Crippen molar-refractivity contribution < 1.29 is 9.31 Å². The molecule has 0 saturated carbocycles. The number of H-pyrrole nitrogens is 1. The summed E-state index contributed by atoms with van der Waals surface area (Å²) in [4.78, 5) is 14.5. The lowest BCUT2D eigenvalue weighted by Crippen LogP contribution is -2.41. The molecule has 0 bridgehead atoms. The summed E-state index contributed by atoms with van der Waals surface area (Å²) in [6.07, 6.45) is 0. The Hall–Kier alpha value is -0.585. The number of nitrogens with one attached hydrogen (secondary N) is 1. The first-order chi connectivity index (χ1) is 7.71. The van der Waals surface area contributed by atoms with E-state index in [2.05, 4.69) is 20.9 Å². The van der Waals surface area contributed by atoms with Crippen molar-refractivity contribution in [2.75, 3.05) is 0 Å². The minimum atomic E-state index is -0.537. The van der Waals surface area contributed by atoms with Crippen LogP contribution in [0.15, 0.2) is 21.5 Å². The minimum absolute atomic E-state index is 0.0830. The Morgan fingerprint density at radius 1 is 1.18 bits per heavy atom. The first kappa shape index (κ1) is 12.9. The van der Waals surface area contributed by atoms with E-state index >= 15 is 0 Å². The van der Waals surface area contributed by atoms with Crippen LogP contribution in [-0.2, 0) is 9.31 Å². The third-order valence-electron chi connectivity index (χ3n) is 3.34. The largest absolute Gasteiger partial charge is 0.512 e. The van der Waals surface area contributed by atoms with Crippen LogP contribution in [0.2, 0.25) is 0 Å². The zero-order valence-electron chi connectivity index (χ0n) is 10.3. The Kier molecular flexibility index (Phi) is 3.00. The van der Waals surface area contributed by atoms with Crippen LogP contribution in [0.5, 0.6) is 0 Å². The number of halogens is 1. The second kappa shape index (κ2) is 3.97. The van der Waals surface area contributed by atoms with Gasteiger partial charge in [0.15, 0.2) is 5.43 Å². The van der Waals surface area contributed by atoms with E-state index in [1.54, 1.807) is 0 Å². The molecule has 2 heterocycles. The summed E-state index contributed by atoms with van der Waals surface area (Å²) in [6, 6.07) is 2.96. The highest BCUT2D eigenvalue weighted by atomic mass is 79.9. The molecule has 6 heteroatoms. The summed E-state index contributed by atoms with van der Waals surface area (Å²) in [5, 5.41) is 0. The molecule has 1 aliphatic rings. The number of hydrogen-bond acceptors (Lipinski definition) is 3. The Morgan fingerprint density at radius 2 is 1.71 bits per heavy atom. The van der Waals surface area contributed by atoms with Crippen molar-refractivity contribution >= 4 is 28.6 Å². The van der Waals surface area contributed by atoms with Gasteiger partial charge in [0.1, 0.15) is 0 Å². The molecule has 0 aliphatic carbocycles. The van der Waals surface area contributed by atoms with Crippen LogP contribution in [0.4, 0.5) is 0 Å². The van der Waals surface area contributed by atoms with Crippen molar-refractivity contribution in [2.24, 2.45) is 0 Å². The molecule has 0 radical (unpaired) electrons. The molecule has 0 spiro atoms. The summed E-state index contributed by atoms with van der Waals surface area (Å²) in [5.41, 5.74) is -0.267. The Labute approximate surface area is 109 Å². The van der Waals surface area contributed by atoms with Crippen molar-refractivity contribution in [2.45, 2.75) is 38.9 Å². The maximum absolute atomic E-state index is 11.4. The summed E-state index contributed by atoms with van der Waals surface area (Å²) in [7, 11) is -0.537. The van der Waals surface area contributed by atoms with Crippen molar-refractivity contribution in [3.05, 3.63) is 27.0 Å². The maximum atomic E-state index is 11.4. The molecule has 92 valence electrons. The van der Waals surface area contributed by atoms with Gasteiger partial charge >= 0.3 is 7.12 Å². The maximum Gasteiger partial charge on any atom is 0.512 e. The lowest BCUT2D eigenvalue weighted by molar-refractivity contribution is 0.00578. The fraction of sp³-hybridized carbons (Fsp3) is 0.545. The highest BCUT2D eigenvalue weighted by Crippen LogP contribution is 2.36. The first-order valence-corrected chi connectivity index (χ1v) is 6.26. The molecule has 1 N–H and O–H groups in total. The summed E-state index contributed by atoms with van der Waals surface area (Å²) >= 11 is 3.25. The van der Waals surface area contributed by atoms with Gasteiger partial charge in [-0.3, -0.25) is 4.79 Å². The summed E-state index contributed by atoms with van der Waals surface area (Å²) < 4.78 is 12.3. The molecule has 0 amide bonds. The van der Waals surface area contributed by atoms with Crippen LogP contribution in [0.25, 0.3) is 0 Å². The van der Waals surface area contributed by atoms with E-state index in [-0.39, 0.29) is 5.43 Å². The lowest BCUT2D eigenvalue weighted by Gasteiger charge is -2.32. The van der Waals surface area contributed by atoms with E-state index in [0.717, 1.165) is 0 Å². The smallest absolute Gasteiger partial charge is 0.398 e. The van der Waals surface area contributed by atoms with Crippen molar-refractivity contribution in [1.29, 1.82) is 0 Å². The molecule has 2 rings (SSSR count). The van der Waals surface area contributed by atoms with Gasteiger partial charge in [0.2, 0.25) is 0 Å². The van der Waals surface area contributed by atoms with E-state index in [1.165, 1.54) is 12.1 Å². The molecule has 4 nitrogen and oxygen atoms in total. The fourth-order valence-electron chi connectivity index (χ4n) is 1.63. The van der Waals surface area contributed by atoms with Gasteiger partial charge in [-0.25, -0.2) is 0 Å². The van der Waals surface area contributed by atoms with E-state index < -0.39 is 18.3 Å². The average Bonchev–Trinajstić information content (AvgIpc) is 2.34. The monoisotopic (exact) mass is 299 g/mol. The van der Waals surface area contributed by atoms with E-state index in [9.17, 15) is 4.79 Å². The Morgan fingerprint density at radius 3 is 2.18 bits per heavy atom. The average molecular weight is 300 g/mol. The predicted molar refractivity (Wildman–Crippen MR) is 70.5 cm³/mol. The molecule has 1 aliphatic heterocycles. The van der Waals surface area contributed by atoms with Gasteiger partial charge < -0.3 is 14.3 Å². The normalized spacial score (nSPS) is 21.8. The van der Waals surface area contributed by atoms with Gasteiger partial charge in [0.05, 0.1) is 15.8 Å². The van der Waals surface area contributed by atoms with E-state index in [4.69, 9.17) is 9.31 Å². The zero-order valence-corrected chi connectivity index (χ0v) is 11.9. The van der Waals surface area contributed by atoms with Gasteiger partial charge in [-0.05, 0) is 43.6 Å². The van der Waals surface area contributed by atoms with Crippen molar-refractivity contribution in [1.82, 2.24) is 4.98 Å². The number of rotatable bonds is 1. The molecule has 1 saturated heterocycles. The molecule has 1 fully saturated rings. The number of aromatic amines is 1. The highest BCUT2D eigenvalue weighted by molar-refractivity contribution is 9.10. The zero-order chi connectivity index (χ0) is 12.8. The van der Waals surface area contributed by atoms with Crippen LogP contribution >= 0.6 is 15.9 Å². The third kappa shape index (κ3) is 2.34. The quantitative estimate of drug-likeness (QED) is 0.630. The molecule has 0 aromatic carbocycles. The van der Waals surface area contributed by atoms with Gasteiger partial charge in [0, 0.05) is 17.7 Å². The van der Waals surface area contributed by atoms with Crippen molar-refractivity contribution in [3.63, 3.8) is 0 Å². The number of aromatic nitrogens is 1. The number of hydrogen-bond donors (Lipinski definition) is 1. The Balaban J connectivity index is 2.35. The van der Waals surface area contributed by atoms with Crippen LogP contribution in [0, 0.1) is 0 Å². The molecular weight excluding hydrogens is 285 g/mol. The SMILES string of the molecule is CC1(C)OB(c2cc(=O)cc(Br)[nH]2)OC1(C)C. The highest BCUT2D eigenvalue weighted by Gasteiger charge is 2.52. The number of pyridine rings is 1. The summed E-state index contributed by atoms with van der Waals surface area (Å²) in [5.74, 6) is 0. The molecule has 1 aromatic rings. The Bertz CT molecular complexity index is 482. The third-order valence-corrected chi connectivity index (χ3v) is 3.76. The van der Waals surface area contributed by atoms with Crippen LogP contribution in [0.1, 0.15) is 27.7 Å². The standard InChI is InChI=1S/C11H15BBrNO3/c1-10(2)11(3,4)17-12(16-10)8-5-7(15)6-9(13)14-8/h5-6H,1-4H3,(H,14,15). The first-order valence-electron chi connectivity index (χ1n) is 5.47.